The van der Waals surface area contributed by atoms with Crippen molar-refractivity contribution in [3.05, 3.63) is 11.6 Å². The molecular formula is C16H25N5O2. The molecule has 0 spiro atoms. The third-order valence-corrected chi connectivity index (χ3v) is 5.50. The third-order valence-electron chi connectivity index (χ3n) is 5.50. The molecule has 0 aromatic carbocycles. The Balaban J connectivity index is 1.36. The Labute approximate surface area is 136 Å². The second-order valence-electron chi connectivity index (χ2n) is 7.13. The number of nitrogens with zero attached hydrogens (tertiary/aromatic N) is 5. The first kappa shape index (κ1) is 15.1. The predicted octanol–water partition coefficient (Wildman–Crippen LogP) is 0.514. The van der Waals surface area contributed by atoms with Crippen molar-refractivity contribution in [2.45, 2.75) is 50.2 Å². The van der Waals surface area contributed by atoms with Crippen molar-refractivity contribution >= 4 is 5.97 Å². The summed E-state index contributed by atoms with van der Waals surface area (Å²) < 4.78 is 7.26. The summed E-state index contributed by atoms with van der Waals surface area (Å²) >= 11 is 0. The molecule has 2 atom stereocenters. The van der Waals surface area contributed by atoms with Gasteiger partial charge in [0.25, 0.3) is 0 Å². The topological polar surface area (TPSA) is 63.5 Å². The fourth-order valence-electron chi connectivity index (χ4n) is 3.79. The van der Waals surface area contributed by atoms with E-state index < -0.39 is 0 Å². The van der Waals surface area contributed by atoms with Crippen molar-refractivity contribution in [1.29, 1.82) is 0 Å². The highest BCUT2D eigenvalue weighted by Crippen LogP contribution is 2.38. The number of esters is 1. The summed E-state index contributed by atoms with van der Waals surface area (Å²) in [7, 11) is 4.22. The van der Waals surface area contributed by atoms with Gasteiger partial charge in [0.1, 0.15) is 17.7 Å². The Hall–Kier alpha value is -1.47. The maximum Gasteiger partial charge on any atom is 0.323 e. The summed E-state index contributed by atoms with van der Waals surface area (Å²) in [6.45, 7) is 3.29. The summed E-state index contributed by atoms with van der Waals surface area (Å²) in [4.78, 5) is 16.4. The molecule has 3 fully saturated rings. The van der Waals surface area contributed by atoms with Gasteiger partial charge in [0.2, 0.25) is 0 Å². The van der Waals surface area contributed by atoms with Crippen LogP contribution in [-0.2, 0) is 23.1 Å². The van der Waals surface area contributed by atoms with Crippen LogP contribution in [0.2, 0.25) is 0 Å². The number of aromatic nitrogens is 3. The van der Waals surface area contributed by atoms with Gasteiger partial charge in [0, 0.05) is 38.5 Å². The Kier molecular flexibility index (Phi) is 3.85. The van der Waals surface area contributed by atoms with E-state index in [-0.39, 0.29) is 12.0 Å². The maximum atomic E-state index is 11.7. The van der Waals surface area contributed by atoms with Gasteiger partial charge in [-0.15, -0.1) is 10.2 Å². The first-order chi connectivity index (χ1) is 11.1. The molecule has 7 heteroatoms. The van der Waals surface area contributed by atoms with Crippen LogP contribution in [0.5, 0.6) is 0 Å². The van der Waals surface area contributed by atoms with Crippen LogP contribution in [0.4, 0.5) is 0 Å². The zero-order valence-corrected chi connectivity index (χ0v) is 13.9. The SMILES string of the molecule is CN(Cc1nnc(C2CC2)n1C)[C@H]1CCN([C@H]2CCOC2=O)C1. The van der Waals surface area contributed by atoms with Gasteiger partial charge in [-0.25, -0.2) is 0 Å². The fourth-order valence-corrected chi connectivity index (χ4v) is 3.79. The maximum absolute atomic E-state index is 11.7. The van der Waals surface area contributed by atoms with Gasteiger partial charge < -0.3 is 9.30 Å². The van der Waals surface area contributed by atoms with E-state index in [0.717, 1.165) is 44.1 Å². The molecule has 0 N–H and O–H groups in total. The van der Waals surface area contributed by atoms with Gasteiger partial charge in [-0.1, -0.05) is 0 Å². The minimum atomic E-state index is -0.0457. The van der Waals surface area contributed by atoms with Crippen LogP contribution in [-0.4, -0.2) is 69.4 Å². The molecule has 3 aliphatic rings. The normalized spacial score (nSPS) is 28.7. The molecule has 0 bridgehead atoms. The van der Waals surface area contributed by atoms with Crippen molar-refractivity contribution in [2.24, 2.45) is 7.05 Å². The molecule has 1 aliphatic carbocycles. The summed E-state index contributed by atoms with van der Waals surface area (Å²) in [5, 5.41) is 8.74. The van der Waals surface area contributed by atoms with Gasteiger partial charge >= 0.3 is 5.97 Å². The first-order valence-electron chi connectivity index (χ1n) is 8.62. The molecule has 1 aromatic rings. The van der Waals surface area contributed by atoms with Crippen LogP contribution in [0, 0.1) is 0 Å². The third kappa shape index (κ3) is 2.87. The van der Waals surface area contributed by atoms with E-state index in [2.05, 4.69) is 38.7 Å². The predicted molar refractivity (Wildman–Crippen MR) is 83.8 cm³/mol. The standard InChI is InChI=1S/C16H25N5O2/c1-19(10-14-17-18-15(20(14)2)11-3-4-11)12-5-7-21(9-12)13-6-8-23-16(13)22/h11-13H,3-10H2,1-2H3/t12-,13-/m0/s1. The van der Waals surface area contributed by atoms with Crippen molar-refractivity contribution in [3.8, 4) is 0 Å². The number of hydrogen-bond acceptors (Lipinski definition) is 6. The highest BCUT2D eigenvalue weighted by molar-refractivity contribution is 5.77. The zero-order valence-electron chi connectivity index (χ0n) is 13.9. The summed E-state index contributed by atoms with van der Waals surface area (Å²) in [6, 6.07) is 0.439. The Morgan fingerprint density at radius 1 is 1.26 bits per heavy atom. The molecule has 2 aliphatic heterocycles. The average molecular weight is 319 g/mol. The first-order valence-corrected chi connectivity index (χ1v) is 8.62. The Morgan fingerprint density at radius 2 is 2.09 bits per heavy atom. The van der Waals surface area contributed by atoms with Crippen LogP contribution in [0.3, 0.4) is 0 Å². The lowest BCUT2D eigenvalue weighted by Crippen LogP contribution is -2.40. The van der Waals surface area contributed by atoms with Crippen molar-refractivity contribution < 1.29 is 9.53 Å². The van der Waals surface area contributed by atoms with Crippen LogP contribution in [0.15, 0.2) is 0 Å². The van der Waals surface area contributed by atoms with Gasteiger partial charge in [-0.3, -0.25) is 14.6 Å². The molecule has 1 saturated carbocycles. The van der Waals surface area contributed by atoms with Crippen LogP contribution in [0.1, 0.15) is 43.3 Å². The molecule has 4 rings (SSSR count). The highest BCUT2D eigenvalue weighted by atomic mass is 16.5. The molecule has 1 aromatic heterocycles. The number of hydrogen-bond donors (Lipinski definition) is 0. The van der Waals surface area contributed by atoms with Gasteiger partial charge in [-0.2, -0.15) is 0 Å². The molecule has 23 heavy (non-hydrogen) atoms. The number of carbonyl (C=O) groups excluding carboxylic acids is 1. The quantitative estimate of drug-likeness (QED) is 0.737. The van der Waals surface area contributed by atoms with Crippen LogP contribution in [0.25, 0.3) is 0 Å². The number of ether oxygens (including phenoxy) is 1. The van der Waals surface area contributed by atoms with E-state index in [0.29, 0.717) is 18.6 Å². The highest BCUT2D eigenvalue weighted by Gasteiger charge is 2.38. The second kappa shape index (κ2) is 5.87. The van der Waals surface area contributed by atoms with E-state index in [4.69, 9.17) is 4.74 Å². The molecule has 0 radical (unpaired) electrons. The number of likely N-dealkylation sites (N-methyl/N-ethyl adjacent to an activating group) is 1. The smallest absolute Gasteiger partial charge is 0.323 e. The number of carbonyl (C=O) groups is 1. The lowest BCUT2D eigenvalue weighted by atomic mass is 10.2. The Bertz CT molecular complexity index is 597. The van der Waals surface area contributed by atoms with Crippen molar-refractivity contribution in [1.82, 2.24) is 24.6 Å². The molecule has 7 nitrogen and oxygen atoms in total. The average Bonchev–Trinajstić information content (AvgIpc) is 2.94. The number of likely N-dealkylation sites (tertiary alicyclic amines) is 1. The lowest BCUT2D eigenvalue weighted by Gasteiger charge is -2.25. The van der Waals surface area contributed by atoms with Gasteiger partial charge in [0.05, 0.1) is 13.2 Å². The molecule has 0 unspecified atom stereocenters. The Morgan fingerprint density at radius 3 is 2.78 bits per heavy atom. The lowest BCUT2D eigenvalue weighted by molar-refractivity contribution is -0.142. The molecule has 2 saturated heterocycles. The minimum absolute atomic E-state index is 0.0234. The van der Waals surface area contributed by atoms with Crippen LogP contribution < -0.4 is 0 Å². The molecular weight excluding hydrogens is 294 g/mol. The van der Waals surface area contributed by atoms with Crippen molar-refractivity contribution in [3.63, 3.8) is 0 Å². The summed E-state index contributed by atoms with van der Waals surface area (Å²) in [5.41, 5.74) is 0. The summed E-state index contributed by atoms with van der Waals surface area (Å²) in [6.07, 6.45) is 4.42. The summed E-state index contributed by atoms with van der Waals surface area (Å²) in [5.74, 6) is 2.75. The van der Waals surface area contributed by atoms with Crippen molar-refractivity contribution in [2.75, 3.05) is 26.7 Å². The second-order valence-corrected chi connectivity index (χ2v) is 7.13. The molecule has 3 heterocycles. The molecule has 126 valence electrons. The largest absolute Gasteiger partial charge is 0.464 e. The minimum Gasteiger partial charge on any atom is -0.464 e. The number of rotatable bonds is 5. The van der Waals surface area contributed by atoms with Gasteiger partial charge in [-0.05, 0) is 26.3 Å². The fraction of sp³-hybridized carbons (Fsp3) is 0.812. The van der Waals surface area contributed by atoms with Gasteiger partial charge in [0.15, 0.2) is 0 Å². The van der Waals surface area contributed by atoms with E-state index in [1.165, 1.54) is 12.8 Å². The van der Waals surface area contributed by atoms with E-state index in [1.54, 1.807) is 0 Å². The molecule has 0 amide bonds. The monoisotopic (exact) mass is 319 g/mol. The number of cyclic esters (lactones) is 1. The zero-order chi connectivity index (χ0) is 16.0. The van der Waals surface area contributed by atoms with E-state index in [9.17, 15) is 4.79 Å². The van der Waals surface area contributed by atoms with Crippen LogP contribution >= 0.6 is 0 Å². The van der Waals surface area contributed by atoms with E-state index >= 15 is 0 Å². The van der Waals surface area contributed by atoms with E-state index in [1.807, 2.05) is 0 Å².